The highest BCUT2D eigenvalue weighted by molar-refractivity contribution is 5.75. The minimum Gasteiger partial charge on any atom is -0.475 e. The number of aliphatic carboxylic acids is 2. The van der Waals surface area contributed by atoms with Gasteiger partial charge in [0, 0.05) is 50.0 Å². The molecular weight excluding hydrogens is 490 g/mol. The molecule has 0 saturated carbocycles. The van der Waals surface area contributed by atoms with E-state index in [-0.39, 0.29) is 12.1 Å². The quantitative estimate of drug-likeness (QED) is 0.528. The van der Waals surface area contributed by atoms with E-state index < -0.39 is 24.3 Å². The van der Waals surface area contributed by atoms with Crippen LogP contribution < -0.4 is 5.32 Å². The first-order valence-corrected chi connectivity index (χ1v) is 10.2. The Morgan fingerprint density at radius 2 is 1.46 bits per heavy atom. The van der Waals surface area contributed by atoms with Crippen molar-refractivity contribution in [2.45, 2.75) is 45.2 Å². The molecule has 0 aliphatic carbocycles. The van der Waals surface area contributed by atoms with Crippen LogP contribution in [0, 0.1) is 5.41 Å². The lowest BCUT2D eigenvalue weighted by Gasteiger charge is -2.48. The van der Waals surface area contributed by atoms with Crippen LogP contribution in [-0.4, -0.2) is 87.5 Å². The molecular formula is C20H26F6N4O5. The smallest absolute Gasteiger partial charge is 0.475 e. The van der Waals surface area contributed by atoms with E-state index in [2.05, 4.69) is 27.3 Å². The summed E-state index contributed by atoms with van der Waals surface area (Å²) in [5.41, 5.74) is 1.65. The van der Waals surface area contributed by atoms with Crippen molar-refractivity contribution < 1.29 is 50.9 Å². The van der Waals surface area contributed by atoms with Crippen LogP contribution in [0.25, 0.3) is 0 Å². The number of likely N-dealkylation sites (tertiary alicyclic amines) is 2. The second-order valence-electron chi connectivity index (χ2n) is 8.38. The molecule has 0 unspecified atom stereocenters. The van der Waals surface area contributed by atoms with Crippen molar-refractivity contribution in [3.05, 3.63) is 30.1 Å². The summed E-state index contributed by atoms with van der Waals surface area (Å²) in [7, 11) is 0. The van der Waals surface area contributed by atoms with Gasteiger partial charge in [-0.05, 0) is 44.5 Å². The zero-order valence-electron chi connectivity index (χ0n) is 18.9. The largest absolute Gasteiger partial charge is 0.490 e. The third-order valence-corrected chi connectivity index (χ3v) is 4.91. The molecule has 0 aromatic carbocycles. The zero-order chi connectivity index (χ0) is 27.0. The molecule has 1 spiro atoms. The van der Waals surface area contributed by atoms with Crippen LogP contribution in [0.3, 0.4) is 0 Å². The van der Waals surface area contributed by atoms with Crippen LogP contribution in [-0.2, 0) is 16.1 Å². The maximum Gasteiger partial charge on any atom is 0.490 e. The van der Waals surface area contributed by atoms with Crippen molar-refractivity contribution in [3.8, 4) is 0 Å². The molecule has 1 aromatic heterocycles. The third-order valence-electron chi connectivity index (χ3n) is 4.91. The zero-order valence-corrected chi connectivity index (χ0v) is 18.9. The fraction of sp³-hybridized carbons (Fsp3) is 0.600. The Bertz CT molecular complexity index is 834. The average molecular weight is 516 g/mol. The molecule has 2 fully saturated rings. The van der Waals surface area contributed by atoms with Crippen LogP contribution in [0.4, 0.5) is 31.1 Å². The van der Waals surface area contributed by atoms with Gasteiger partial charge in [-0.25, -0.2) is 14.4 Å². The summed E-state index contributed by atoms with van der Waals surface area (Å²) in [5.74, 6) is -5.51. The average Bonchev–Trinajstić information content (AvgIpc) is 3.11. The summed E-state index contributed by atoms with van der Waals surface area (Å²) in [4.78, 5) is 38.2. The number of alkyl halides is 6. The minimum atomic E-state index is -5.08. The van der Waals surface area contributed by atoms with Crippen LogP contribution >= 0.6 is 0 Å². The van der Waals surface area contributed by atoms with Crippen molar-refractivity contribution >= 4 is 18.0 Å². The molecule has 35 heavy (non-hydrogen) atoms. The van der Waals surface area contributed by atoms with Crippen molar-refractivity contribution in [1.29, 1.82) is 0 Å². The molecule has 198 valence electrons. The van der Waals surface area contributed by atoms with E-state index in [1.807, 2.05) is 31.1 Å². The van der Waals surface area contributed by atoms with Gasteiger partial charge in [-0.2, -0.15) is 26.3 Å². The molecule has 2 saturated heterocycles. The Hall–Kier alpha value is -3.10. The van der Waals surface area contributed by atoms with Crippen molar-refractivity contribution in [1.82, 2.24) is 20.1 Å². The van der Waals surface area contributed by atoms with Gasteiger partial charge in [0.2, 0.25) is 0 Å². The molecule has 1 aromatic rings. The number of hydrogen-bond acceptors (Lipinski definition) is 5. The van der Waals surface area contributed by atoms with Crippen molar-refractivity contribution in [2.75, 3.05) is 26.2 Å². The highest BCUT2D eigenvalue weighted by Crippen LogP contribution is 2.39. The molecule has 2 aliphatic heterocycles. The molecule has 2 aliphatic rings. The molecule has 15 heteroatoms. The number of urea groups is 1. The van der Waals surface area contributed by atoms with Gasteiger partial charge in [-0.3, -0.25) is 9.88 Å². The predicted molar refractivity (Wildman–Crippen MR) is 109 cm³/mol. The highest BCUT2D eigenvalue weighted by Gasteiger charge is 2.49. The fourth-order valence-electron chi connectivity index (χ4n) is 3.41. The third kappa shape index (κ3) is 10.4. The van der Waals surface area contributed by atoms with Crippen molar-refractivity contribution in [3.63, 3.8) is 0 Å². The summed E-state index contributed by atoms with van der Waals surface area (Å²) in [6, 6.07) is 4.45. The van der Waals surface area contributed by atoms with E-state index in [1.165, 1.54) is 12.0 Å². The van der Waals surface area contributed by atoms with Crippen LogP contribution in [0.15, 0.2) is 24.5 Å². The Balaban J connectivity index is 0.000000362. The highest BCUT2D eigenvalue weighted by atomic mass is 19.4. The van der Waals surface area contributed by atoms with Crippen LogP contribution in [0.5, 0.6) is 0 Å². The molecule has 3 heterocycles. The number of carbonyl (C=O) groups is 3. The molecule has 3 N–H and O–H groups in total. The number of amides is 2. The molecule has 9 nitrogen and oxygen atoms in total. The van der Waals surface area contributed by atoms with Crippen LogP contribution in [0.1, 0.15) is 25.8 Å². The Morgan fingerprint density at radius 1 is 1.00 bits per heavy atom. The Morgan fingerprint density at radius 3 is 1.86 bits per heavy atom. The van der Waals surface area contributed by atoms with E-state index in [0.29, 0.717) is 5.41 Å². The maximum absolute atomic E-state index is 11.9. The summed E-state index contributed by atoms with van der Waals surface area (Å²) in [6.45, 7) is 9.01. The fourth-order valence-corrected chi connectivity index (χ4v) is 3.41. The second kappa shape index (κ2) is 12.0. The number of nitrogens with zero attached hydrogens (tertiary/aromatic N) is 3. The van der Waals surface area contributed by atoms with Gasteiger partial charge in [-0.15, -0.1) is 0 Å². The lowest BCUT2D eigenvalue weighted by molar-refractivity contribution is -0.193. The number of halogens is 6. The SMILES string of the molecule is CC(C)NC(=O)N1CC2(CCN(Cc3ccncc3)C2)C1.O=C(O)C(F)(F)F.O=C(O)C(F)(F)F. The Labute approximate surface area is 196 Å². The van der Waals surface area contributed by atoms with Gasteiger partial charge >= 0.3 is 30.3 Å². The second-order valence-corrected chi connectivity index (χ2v) is 8.38. The predicted octanol–water partition coefficient (Wildman–Crippen LogP) is 2.97. The van der Waals surface area contributed by atoms with E-state index in [9.17, 15) is 31.1 Å². The number of pyridine rings is 1. The summed E-state index contributed by atoms with van der Waals surface area (Å²) >= 11 is 0. The van der Waals surface area contributed by atoms with Gasteiger partial charge in [0.15, 0.2) is 0 Å². The number of hydrogen-bond donors (Lipinski definition) is 3. The minimum absolute atomic E-state index is 0.0863. The lowest BCUT2D eigenvalue weighted by atomic mass is 9.79. The van der Waals surface area contributed by atoms with Gasteiger partial charge < -0.3 is 20.4 Å². The Kier molecular flexibility index (Phi) is 10.3. The standard InChI is InChI=1S/C16H24N4O.2C2HF3O2/c1-13(2)18-15(21)20-11-16(12-20)5-8-19(10-16)9-14-3-6-17-7-4-14;2*3-2(4,5)1(6)7/h3-4,6-7,13H,5,8-12H2,1-2H3,(H,18,21);2*(H,6,7). The molecule has 0 radical (unpaired) electrons. The molecule has 3 rings (SSSR count). The topological polar surface area (TPSA) is 123 Å². The van der Waals surface area contributed by atoms with Gasteiger partial charge in [0.25, 0.3) is 0 Å². The number of aromatic nitrogens is 1. The number of carbonyl (C=O) groups excluding carboxylic acids is 1. The maximum atomic E-state index is 11.9. The molecule has 0 bridgehead atoms. The van der Waals surface area contributed by atoms with Gasteiger partial charge in [0.05, 0.1) is 0 Å². The van der Waals surface area contributed by atoms with E-state index in [4.69, 9.17) is 19.8 Å². The first kappa shape index (κ1) is 29.9. The number of nitrogens with one attached hydrogen (secondary N) is 1. The number of carboxylic acids is 2. The molecule has 2 amide bonds. The first-order chi connectivity index (χ1) is 15.9. The summed E-state index contributed by atoms with van der Waals surface area (Å²) in [6.07, 6.45) is -5.27. The number of carboxylic acid groups (broad SMARTS) is 2. The van der Waals surface area contributed by atoms with Crippen LogP contribution in [0.2, 0.25) is 0 Å². The van der Waals surface area contributed by atoms with Gasteiger partial charge in [0.1, 0.15) is 0 Å². The van der Waals surface area contributed by atoms with Crippen molar-refractivity contribution in [2.24, 2.45) is 5.41 Å². The summed E-state index contributed by atoms with van der Waals surface area (Å²) < 4.78 is 63.5. The summed E-state index contributed by atoms with van der Waals surface area (Å²) in [5, 5.41) is 17.2. The van der Waals surface area contributed by atoms with E-state index >= 15 is 0 Å². The lowest BCUT2D eigenvalue weighted by Crippen LogP contribution is -2.62. The van der Waals surface area contributed by atoms with Gasteiger partial charge in [-0.1, -0.05) is 0 Å². The first-order valence-electron chi connectivity index (χ1n) is 10.2. The van der Waals surface area contributed by atoms with E-state index in [1.54, 1.807) is 0 Å². The number of rotatable bonds is 3. The normalized spacial score (nSPS) is 17.0. The van der Waals surface area contributed by atoms with E-state index in [0.717, 1.165) is 32.7 Å². The monoisotopic (exact) mass is 516 g/mol. The molecule has 0 atom stereocenters.